The van der Waals surface area contributed by atoms with E-state index in [1.807, 2.05) is 17.9 Å². The van der Waals surface area contributed by atoms with E-state index in [9.17, 15) is 0 Å². The van der Waals surface area contributed by atoms with Crippen molar-refractivity contribution in [1.82, 2.24) is 9.78 Å². The summed E-state index contributed by atoms with van der Waals surface area (Å²) in [6, 6.07) is 0. The Hall–Kier alpha value is -0.790. The molecule has 0 aliphatic carbocycles. The predicted molar refractivity (Wildman–Crippen MR) is 46.6 cm³/mol. The number of aryl methyl sites for hydroxylation is 2. The molecule has 2 heteroatoms. The second-order valence-corrected chi connectivity index (χ2v) is 2.84. The molecule has 1 rings (SSSR count). The molecular weight excluding hydrogens is 136 g/mol. The molecule has 1 aromatic heterocycles. The molecule has 0 N–H and O–H groups in total. The molecule has 0 saturated heterocycles. The van der Waals surface area contributed by atoms with Crippen molar-refractivity contribution in [2.45, 2.75) is 33.1 Å². The van der Waals surface area contributed by atoms with Gasteiger partial charge in [-0.15, -0.1) is 0 Å². The lowest BCUT2D eigenvalue weighted by Crippen LogP contribution is -1.99. The van der Waals surface area contributed by atoms with E-state index >= 15 is 0 Å². The van der Waals surface area contributed by atoms with Crippen molar-refractivity contribution in [1.29, 1.82) is 0 Å². The maximum atomic E-state index is 4.22. The van der Waals surface area contributed by atoms with Gasteiger partial charge in [0, 0.05) is 12.7 Å². The van der Waals surface area contributed by atoms with Crippen LogP contribution in [0.3, 0.4) is 0 Å². The number of hydrogen-bond acceptors (Lipinski definition) is 1. The molecule has 0 bridgehead atoms. The van der Waals surface area contributed by atoms with Crippen LogP contribution >= 0.6 is 0 Å². The highest BCUT2D eigenvalue weighted by Crippen LogP contribution is 2.09. The molecule has 2 nitrogen and oxygen atoms in total. The highest BCUT2D eigenvalue weighted by Gasteiger charge is 2.03. The smallest absolute Gasteiger partial charge is 0.0524 e. The van der Waals surface area contributed by atoms with E-state index in [0.717, 1.165) is 12.8 Å². The summed E-state index contributed by atoms with van der Waals surface area (Å²) in [5, 5.41) is 4.22. The predicted octanol–water partition coefficient (Wildman–Crippen LogP) is 1.94. The van der Waals surface area contributed by atoms with Crippen LogP contribution in [-0.4, -0.2) is 9.78 Å². The SMILES string of the molecule is CCCc1c(CC)cnn1C. The zero-order chi connectivity index (χ0) is 8.27. The van der Waals surface area contributed by atoms with E-state index in [0.29, 0.717) is 0 Å². The van der Waals surface area contributed by atoms with Gasteiger partial charge < -0.3 is 0 Å². The molecule has 0 spiro atoms. The third kappa shape index (κ3) is 1.62. The standard InChI is InChI=1S/C9H16N2/c1-4-6-9-8(5-2)7-10-11(9)3/h7H,4-6H2,1-3H3. The minimum absolute atomic E-state index is 1.10. The fourth-order valence-corrected chi connectivity index (χ4v) is 1.36. The fraction of sp³-hybridized carbons (Fsp3) is 0.667. The van der Waals surface area contributed by atoms with Gasteiger partial charge in [0.2, 0.25) is 0 Å². The van der Waals surface area contributed by atoms with Crippen molar-refractivity contribution in [2.24, 2.45) is 7.05 Å². The Morgan fingerprint density at radius 1 is 1.45 bits per heavy atom. The highest BCUT2D eigenvalue weighted by molar-refractivity contribution is 5.17. The van der Waals surface area contributed by atoms with Crippen molar-refractivity contribution >= 4 is 0 Å². The number of hydrogen-bond donors (Lipinski definition) is 0. The van der Waals surface area contributed by atoms with Gasteiger partial charge in [-0.2, -0.15) is 5.10 Å². The van der Waals surface area contributed by atoms with Crippen molar-refractivity contribution in [3.05, 3.63) is 17.5 Å². The van der Waals surface area contributed by atoms with Crippen LogP contribution in [0.2, 0.25) is 0 Å². The molecule has 11 heavy (non-hydrogen) atoms. The topological polar surface area (TPSA) is 17.8 Å². The molecule has 1 aromatic rings. The summed E-state index contributed by atoms with van der Waals surface area (Å²) >= 11 is 0. The largest absolute Gasteiger partial charge is 0.272 e. The minimum Gasteiger partial charge on any atom is -0.272 e. The number of rotatable bonds is 3. The van der Waals surface area contributed by atoms with Gasteiger partial charge in [-0.1, -0.05) is 20.3 Å². The third-order valence-electron chi connectivity index (χ3n) is 2.02. The van der Waals surface area contributed by atoms with Crippen molar-refractivity contribution in [2.75, 3.05) is 0 Å². The van der Waals surface area contributed by atoms with E-state index in [1.165, 1.54) is 17.7 Å². The molecule has 0 unspecified atom stereocenters. The lowest BCUT2D eigenvalue weighted by molar-refractivity contribution is 0.694. The zero-order valence-corrected chi connectivity index (χ0v) is 7.59. The summed E-state index contributed by atoms with van der Waals surface area (Å²) in [7, 11) is 2.02. The van der Waals surface area contributed by atoms with E-state index < -0.39 is 0 Å². The van der Waals surface area contributed by atoms with Crippen LogP contribution in [0.5, 0.6) is 0 Å². The molecule has 0 atom stereocenters. The van der Waals surface area contributed by atoms with E-state index in [4.69, 9.17) is 0 Å². The van der Waals surface area contributed by atoms with Gasteiger partial charge in [0.15, 0.2) is 0 Å². The maximum absolute atomic E-state index is 4.22. The average molecular weight is 152 g/mol. The molecule has 0 aliphatic rings. The van der Waals surface area contributed by atoms with Crippen molar-refractivity contribution < 1.29 is 0 Å². The van der Waals surface area contributed by atoms with Gasteiger partial charge in [0.1, 0.15) is 0 Å². The summed E-state index contributed by atoms with van der Waals surface area (Å²) in [6.07, 6.45) is 5.43. The molecule has 0 radical (unpaired) electrons. The van der Waals surface area contributed by atoms with Crippen LogP contribution in [0.4, 0.5) is 0 Å². The lowest BCUT2D eigenvalue weighted by atomic mass is 10.1. The molecule has 62 valence electrons. The summed E-state index contributed by atoms with van der Waals surface area (Å²) in [5.74, 6) is 0. The first-order valence-electron chi connectivity index (χ1n) is 4.29. The molecular formula is C9H16N2. The number of nitrogens with zero attached hydrogens (tertiary/aromatic N) is 2. The molecule has 0 aliphatic heterocycles. The van der Waals surface area contributed by atoms with Gasteiger partial charge in [0.25, 0.3) is 0 Å². The zero-order valence-electron chi connectivity index (χ0n) is 7.59. The van der Waals surface area contributed by atoms with Gasteiger partial charge in [-0.05, 0) is 18.4 Å². The second kappa shape index (κ2) is 3.56. The monoisotopic (exact) mass is 152 g/mol. The minimum atomic E-state index is 1.10. The van der Waals surface area contributed by atoms with Crippen LogP contribution in [0.25, 0.3) is 0 Å². The highest BCUT2D eigenvalue weighted by atomic mass is 15.3. The third-order valence-corrected chi connectivity index (χ3v) is 2.02. The van der Waals surface area contributed by atoms with Gasteiger partial charge in [0.05, 0.1) is 6.20 Å². The van der Waals surface area contributed by atoms with Crippen LogP contribution in [0.1, 0.15) is 31.5 Å². The molecule has 1 heterocycles. The van der Waals surface area contributed by atoms with Crippen molar-refractivity contribution in [3.63, 3.8) is 0 Å². The van der Waals surface area contributed by atoms with E-state index in [2.05, 4.69) is 18.9 Å². The fourth-order valence-electron chi connectivity index (χ4n) is 1.36. The first-order valence-corrected chi connectivity index (χ1v) is 4.29. The van der Waals surface area contributed by atoms with Crippen molar-refractivity contribution in [3.8, 4) is 0 Å². The average Bonchev–Trinajstić information content (AvgIpc) is 2.34. The van der Waals surface area contributed by atoms with Crippen LogP contribution < -0.4 is 0 Å². The molecule has 0 amide bonds. The Labute approximate surface area is 68.2 Å². The molecule has 0 aromatic carbocycles. The first-order chi connectivity index (χ1) is 5.29. The van der Waals surface area contributed by atoms with Crippen LogP contribution in [-0.2, 0) is 19.9 Å². The van der Waals surface area contributed by atoms with Gasteiger partial charge in [-0.25, -0.2) is 0 Å². The summed E-state index contributed by atoms with van der Waals surface area (Å²) in [4.78, 5) is 0. The Kier molecular flexibility index (Phi) is 2.69. The number of aromatic nitrogens is 2. The summed E-state index contributed by atoms with van der Waals surface area (Å²) < 4.78 is 1.99. The second-order valence-electron chi connectivity index (χ2n) is 2.84. The van der Waals surface area contributed by atoms with E-state index in [-0.39, 0.29) is 0 Å². The lowest BCUT2D eigenvalue weighted by Gasteiger charge is -2.01. The quantitative estimate of drug-likeness (QED) is 0.647. The first kappa shape index (κ1) is 8.31. The van der Waals surface area contributed by atoms with Crippen LogP contribution in [0, 0.1) is 0 Å². The van der Waals surface area contributed by atoms with E-state index in [1.54, 1.807) is 0 Å². The molecule has 0 fully saturated rings. The summed E-state index contributed by atoms with van der Waals surface area (Å²) in [6.45, 7) is 4.38. The Morgan fingerprint density at radius 3 is 2.73 bits per heavy atom. The maximum Gasteiger partial charge on any atom is 0.0524 e. The Balaban J connectivity index is 2.88. The van der Waals surface area contributed by atoms with Gasteiger partial charge >= 0.3 is 0 Å². The normalized spacial score (nSPS) is 10.5. The van der Waals surface area contributed by atoms with Crippen LogP contribution in [0.15, 0.2) is 6.20 Å². The van der Waals surface area contributed by atoms with Gasteiger partial charge in [-0.3, -0.25) is 4.68 Å². The Morgan fingerprint density at radius 2 is 2.18 bits per heavy atom. The summed E-state index contributed by atoms with van der Waals surface area (Å²) in [5.41, 5.74) is 2.80. The Bertz CT molecular complexity index is 225. The molecule has 0 saturated carbocycles.